The molecule has 0 spiro atoms. The van der Waals surface area contributed by atoms with Gasteiger partial charge in [0, 0.05) is 51.3 Å². The van der Waals surface area contributed by atoms with E-state index in [0.717, 1.165) is 12.1 Å². The van der Waals surface area contributed by atoms with Crippen LogP contribution in [0.3, 0.4) is 0 Å². The molecule has 1 aliphatic rings. The van der Waals surface area contributed by atoms with Crippen LogP contribution in [0.2, 0.25) is 0 Å². The number of rotatable bonds is 5. The molecule has 1 fully saturated rings. The van der Waals surface area contributed by atoms with E-state index in [2.05, 4.69) is 29.1 Å². The zero-order valence-electron chi connectivity index (χ0n) is 16.7. The zero-order chi connectivity index (χ0) is 20.1. The second-order valence-electron chi connectivity index (χ2n) is 7.40. The molecule has 1 aromatic heterocycles. The normalized spacial score (nSPS) is 14.3. The Kier molecular flexibility index (Phi) is 6.23. The number of carbonyl (C=O) groups excluding carboxylic acids is 2. The molecule has 7 heteroatoms. The topological polar surface area (TPSA) is 78.4 Å². The van der Waals surface area contributed by atoms with E-state index in [-0.39, 0.29) is 11.8 Å². The fourth-order valence-electron chi connectivity index (χ4n) is 3.06. The highest BCUT2D eigenvalue weighted by Gasteiger charge is 2.25. The van der Waals surface area contributed by atoms with E-state index in [1.54, 1.807) is 22.8 Å². The molecule has 1 aliphatic heterocycles. The fraction of sp³-hybridized carbons (Fsp3) is 0.429. The highest BCUT2D eigenvalue weighted by Crippen LogP contribution is 2.19. The molecule has 0 unspecified atom stereocenters. The Labute approximate surface area is 165 Å². The average molecular weight is 381 g/mol. The highest BCUT2D eigenvalue weighted by molar-refractivity contribution is 5.93. The zero-order valence-corrected chi connectivity index (χ0v) is 16.7. The number of piperazine rings is 1. The molecule has 0 atom stereocenters. The van der Waals surface area contributed by atoms with Crippen LogP contribution in [0.4, 0.5) is 5.82 Å². The third-order valence-electron chi connectivity index (χ3n) is 4.68. The smallest absolute Gasteiger partial charge is 0.272 e. The first-order chi connectivity index (χ1) is 13.4. The molecule has 2 amide bonds. The van der Waals surface area contributed by atoms with E-state index < -0.39 is 0 Å². The van der Waals surface area contributed by atoms with Gasteiger partial charge in [0.15, 0.2) is 5.82 Å². The molecule has 0 aliphatic carbocycles. The lowest BCUT2D eigenvalue weighted by molar-refractivity contribution is -0.130. The first-order valence-electron chi connectivity index (χ1n) is 9.67. The van der Waals surface area contributed by atoms with Gasteiger partial charge in [0.1, 0.15) is 11.5 Å². The van der Waals surface area contributed by atoms with Gasteiger partial charge in [-0.25, -0.2) is 9.97 Å². The van der Waals surface area contributed by atoms with Crippen LogP contribution in [0.25, 0.3) is 11.4 Å². The number of amides is 2. The monoisotopic (exact) mass is 381 g/mol. The van der Waals surface area contributed by atoms with Crippen molar-refractivity contribution in [3.05, 3.63) is 42.1 Å². The van der Waals surface area contributed by atoms with Gasteiger partial charge in [-0.2, -0.15) is 0 Å². The number of carbonyl (C=O) groups is 2. The van der Waals surface area contributed by atoms with Gasteiger partial charge in [0.05, 0.1) is 0 Å². The van der Waals surface area contributed by atoms with Gasteiger partial charge >= 0.3 is 0 Å². The number of anilines is 1. The van der Waals surface area contributed by atoms with Crippen LogP contribution in [0.5, 0.6) is 0 Å². The summed E-state index contributed by atoms with van der Waals surface area (Å²) in [7, 11) is 0. The molecule has 0 saturated carbocycles. The molecule has 7 nitrogen and oxygen atoms in total. The minimum Gasteiger partial charge on any atom is -0.370 e. The summed E-state index contributed by atoms with van der Waals surface area (Å²) < 4.78 is 0. The molecule has 0 radical (unpaired) electrons. The third-order valence-corrected chi connectivity index (χ3v) is 4.68. The summed E-state index contributed by atoms with van der Waals surface area (Å²) in [6.45, 7) is 8.68. The number of nitrogens with one attached hydrogen (secondary N) is 1. The maximum absolute atomic E-state index is 13.1. The number of nitrogens with zero attached hydrogens (tertiary/aromatic N) is 4. The summed E-state index contributed by atoms with van der Waals surface area (Å²) in [5.41, 5.74) is 1.24. The molecule has 1 aromatic carbocycles. The van der Waals surface area contributed by atoms with Gasteiger partial charge in [0.2, 0.25) is 5.91 Å². The van der Waals surface area contributed by atoms with Crippen LogP contribution < -0.4 is 5.32 Å². The van der Waals surface area contributed by atoms with Crippen LogP contribution in [-0.4, -0.2) is 64.3 Å². The number of hydrogen-bond acceptors (Lipinski definition) is 5. The summed E-state index contributed by atoms with van der Waals surface area (Å²) in [5, 5.41) is 3.30. The van der Waals surface area contributed by atoms with Gasteiger partial charge in [-0.15, -0.1) is 0 Å². The number of hydrogen-bond donors (Lipinski definition) is 1. The Morgan fingerprint density at radius 3 is 2.29 bits per heavy atom. The maximum atomic E-state index is 13.1. The standard InChI is InChI=1S/C21H27N5O2/c1-15(2)14-22-19-13-18(23-20(24-19)17-7-5-4-6-8-17)21(28)26-11-9-25(10-12-26)16(3)27/h4-8,13,15H,9-12,14H2,1-3H3,(H,22,23,24). The lowest BCUT2D eigenvalue weighted by Gasteiger charge is -2.34. The molecule has 0 bridgehead atoms. The van der Waals surface area contributed by atoms with Gasteiger partial charge in [0.25, 0.3) is 5.91 Å². The summed E-state index contributed by atoms with van der Waals surface area (Å²) >= 11 is 0. The minimum atomic E-state index is -0.129. The summed E-state index contributed by atoms with van der Waals surface area (Å²) in [6.07, 6.45) is 0. The predicted octanol–water partition coefficient (Wildman–Crippen LogP) is 2.52. The van der Waals surface area contributed by atoms with Crippen molar-refractivity contribution in [2.24, 2.45) is 5.92 Å². The molecule has 148 valence electrons. The van der Waals surface area contributed by atoms with E-state index in [4.69, 9.17) is 0 Å². The molecule has 1 N–H and O–H groups in total. The van der Waals surface area contributed by atoms with Gasteiger partial charge in [-0.05, 0) is 5.92 Å². The molecular formula is C21H27N5O2. The van der Waals surface area contributed by atoms with E-state index in [9.17, 15) is 9.59 Å². The summed E-state index contributed by atoms with van der Waals surface area (Å²) in [6, 6.07) is 11.4. The third kappa shape index (κ3) is 4.85. The van der Waals surface area contributed by atoms with Crippen LogP contribution >= 0.6 is 0 Å². The van der Waals surface area contributed by atoms with Crippen molar-refractivity contribution in [3.8, 4) is 11.4 Å². The SMILES string of the molecule is CC(=O)N1CCN(C(=O)c2cc(NCC(C)C)nc(-c3ccccc3)n2)CC1. The molecular weight excluding hydrogens is 354 g/mol. The van der Waals surface area contributed by atoms with Crippen molar-refractivity contribution in [1.82, 2.24) is 19.8 Å². The molecule has 2 aromatic rings. The summed E-state index contributed by atoms with van der Waals surface area (Å²) in [4.78, 5) is 37.2. The average Bonchev–Trinajstić information content (AvgIpc) is 2.72. The second kappa shape index (κ2) is 8.82. The van der Waals surface area contributed by atoms with Gasteiger partial charge in [-0.3, -0.25) is 9.59 Å². The van der Waals surface area contributed by atoms with E-state index in [1.165, 1.54) is 0 Å². The molecule has 1 saturated heterocycles. The Hall–Kier alpha value is -2.96. The lowest BCUT2D eigenvalue weighted by atomic mass is 10.2. The van der Waals surface area contributed by atoms with Crippen molar-refractivity contribution < 1.29 is 9.59 Å². The Morgan fingerprint density at radius 2 is 1.68 bits per heavy atom. The predicted molar refractivity (Wildman–Crippen MR) is 109 cm³/mol. The van der Waals surface area contributed by atoms with E-state index in [1.807, 2.05) is 30.3 Å². The number of benzene rings is 1. The Morgan fingerprint density at radius 1 is 1.04 bits per heavy atom. The van der Waals surface area contributed by atoms with Crippen molar-refractivity contribution in [1.29, 1.82) is 0 Å². The Balaban J connectivity index is 1.85. The van der Waals surface area contributed by atoms with Gasteiger partial charge < -0.3 is 15.1 Å². The second-order valence-corrected chi connectivity index (χ2v) is 7.40. The van der Waals surface area contributed by atoms with Crippen LogP contribution in [-0.2, 0) is 4.79 Å². The molecule has 28 heavy (non-hydrogen) atoms. The largest absolute Gasteiger partial charge is 0.370 e. The Bertz CT molecular complexity index is 830. The molecule has 2 heterocycles. The van der Waals surface area contributed by atoms with Crippen molar-refractivity contribution in [3.63, 3.8) is 0 Å². The highest BCUT2D eigenvalue weighted by atomic mass is 16.2. The van der Waals surface area contributed by atoms with E-state index >= 15 is 0 Å². The van der Waals surface area contributed by atoms with Crippen LogP contribution in [0.15, 0.2) is 36.4 Å². The van der Waals surface area contributed by atoms with Crippen LogP contribution in [0.1, 0.15) is 31.3 Å². The summed E-state index contributed by atoms with van der Waals surface area (Å²) in [5.74, 6) is 1.54. The minimum absolute atomic E-state index is 0.0423. The van der Waals surface area contributed by atoms with Crippen molar-refractivity contribution in [2.45, 2.75) is 20.8 Å². The number of aromatic nitrogens is 2. The van der Waals surface area contributed by atoms with Crippen molar-refractivity contribution in [2.75, 3.05) is 38.0 Å². The first-order valence-corrected chi connectivity index (χ1v) is 9.67. The van der Waals surface area contributed by atoms with Crippen LogP contribution in [0, 0.1) is 5.92 Å². The fourth-order valence-corrected chi connectivity index (χ4v) is 3.06. The van der Waals surface area contributed by atoms with E-state index in [0.29, 0.717) is 49.4 Å². The lowest BCUT2D eigenvalue weighted by Crippen LogP contribution is -2.50. The quantitative estimate of drug-likeness (QED) is 0.861. The van der Waals surface area contributed by atoms with Gasteiger partial charge in [-0.1, -0.05) is 44.2 Å². The maximum Gasteiger partial charge on any atom is 0.272 e. The molecule has 3 rings (SSSR count). The first kappa shape index (κ1) is 19.8. The van der Waals surface area contributed by atoms with Crippen molar-refractivity contribution >= 4 is 17.6 Å².